The number of methoxy groups -OCH3 is 1. The maximum absolute atomic E-state index is 13.3. The van der Waals surface area contributed by atoms with Crippen LogP contribution in [0.15, 0.2) is 48.5 Å². The Morgan fingerprint density at radius 3 is 2.45 bits per heavy atom. The molecule has 0 saturated heterocycles. The van der Waals surface area contributed by atoms with Crippen molar-refractivity contribution in [3.63, 3.8) is 0 Å². The van der Waals surface area contributed by atoms with Crippen LogP contribution < -0.4 is 10.1 Å². The molecule has 0 aliphatic carbocycles. The van der Waals surface area contributed by atoms with Crippen LogP contribution in [-0.2, 0) is 0 Å². The Balaban J connectivity index is 2.13. The molecular formula is C17H20FNO. The highest BCUT2D eigenvalue weighted by molar-refractivity contribution is 5.35. The molecule has 2 rings (SSSR count). The van der Waals surface area contributed by atoms with E-state index in [4.69, 9.17) is 4.74 Å². The Morgan fingerprint density at radius 2 is 1.75 bits per heavy atom. The van der Waals surface area contributed by atoms with Gasteiger partial charge < -0.3 is 10.1 Å². The van der Waals surface area contributed by atoms with Gasteiger partial charge >= 0.3 is 0 Å². The third kappa shape index (κ3) is 3.36. The van der Waals surface area contributed by atoms with Crippen LogP contribution in [0.25, 0.3) is 0 Å². The fraction of sp³-hybridized carbons (Fsp3) is 0.294. The first-order valence-electron chi connectivity index (χ1n) is 6.76. The molecule has 20 heavy (non-hydrogen) atoms. The lowest BCUT2D eigenvalue weighted by atomic mass is 10.0. The van der Waals surface area contributed by atoms with E-state index in [9.17, 15) is 4.39 Å². The number of rotatable bonds is 5. The quantitative estimate of drug-likeness (QED) is 0.879. The van der Waals surface area contributed by atoms with Gasteiger partial charge in [-0.25, -0.2) is 4.39 Å². The minimum absolute atomic E-state index is 0.0608. The molecule has 2 aromatic rings. The average Bonchev–Trinajstić information content (AvgIpc) is 2.47. The van der Waals surface area contributed by atoms with Crippen molar-refractivity contribution < 1.29 is 9.13 Å². The summed E-state index contributed by atoms with van der Waals surface area (Å²) in [5.74, 6) is 0.653. The molecule has 0 heterocycles. The van der Waals surface area contributed by atoms with E-state index >= 15 is 0 Å². The summed E-state index contributed by atoms with van der Waals surface area (Å²) in [6, 6.07) is 14.8. The Bertz CT molecular complexity index is 570. The Hall–Kier alpha value is -1.87. The van der Waals surface area contributed by atoms with E-state index in [0.717, 1.165) is 16.9 Å². The normalized spacial score (nSPS) is 13.8. The summed E-state index contributed by atoms with van der Waals surface area (Å²) in [6.07, 6.45) is 0. The second kappa shape index (κ2) is 6.53. The highest BCUT2D eigenvalue weighted by Gasteiger charge is 2.14. The van der Waals surface area contributed by atoms with Crippen LogP contribution >= 0.6 is 0 Å². The molecule has 0 saturated carbocycles. The topological polar surface area (TPSA) is 21.3 Å². The van der Waals surface area contributed by atoms with E-state index < -0.39 is 0 Å². The number of hydrogen-bond donors (Lipinski definition) is 1. The lowest BCUT2D eigenvalue weighted by molar-refractivity contribution is 0.396. The predicted octanol–water partition coefficient (Wildman–Crippen LogP) is 4.25. The summed E-state index contributed by atoms with van der Waals surface area (Å²) in [6.45, 7) is 4.11. The molecule has 2 nitrogen and oxygen atoms in total. The van der Waals surface area contributed by atoms with Crippen molar-refractivity contribution in [2.24, 2.45) is 0 Å². The maximum atomic E-state index is 13.3. The molecule has 3 heteroatoms. The summed E-state index contributed by atoms with van der Waals surface area (Å²) in [7, 11) is 1.67. The van der Waals surface area contributed by atoms with Crippen molar-refractivity contribution in [1.29, 1.82) is 0 Å². The molecule has 2 atom stereocenters. The number of nitrogens with one attached hydrogen (secondary N) is 1. The fourth-order valence-electron chi connectivity index (χ4n) is 2.36. The number of halogens is 1. The van der Waals surface area contributed by atoms with Crippen molar-refractivity contribution in [2.45, 2.75) is 25.9 Å². The largest absolute Gasteiger partial charge is 0.496 e. The van der Waals surface area contributed by atoms with E-state index in [0.29, 0.717) is 0 Å². The van der Waals surface area contributed by atoms with Crippen molar-refractivity contribution >= 4 is 0 Å². The minimum atomic E-state index is -0.207. The van der Waals surface area contributed by atoms with Gasteiger partial charge in [-0.1, -0.05) is 30.3 Å². The number of para-hydroxylation sites is 1. The molecular weight excluding hydrogens is 253 g/mol. The molecule has 0 aromatic heterocycles. The van der Waals surface area contributed by atoms with Crippen molar-refractivity contribution in [2.75, 3.05) is 7.11 Å². The molecule has 1 N–H and O–H groups in total. The standard InChI is InChI=1S/C17H20FNO/c1-12(14-7-6-8-15(18)11-14)19-13(2)16-9-4-5-10-17(16)20-3/h4-13,19H,1-3H3/t12-,13?/m0/s1. The second-order valence-corrected chi connectivity index (χ2v) is 4.91. The van der Waals surface area contributed by atoms with Gasteiger partial charge in [-0.15, -0.1) is 0 Å². The zero-order chi connectivity index (χ0) is 14.5. The van der Waals surface area contributed by atoms with Crippen molar-refractivity contribution in [3.05, 3.63) is 65.5 Å². The van der Waals surface area contributed by atoms with Gasteiger partial charge in [0.25, 0.3) is 0 Å². The lowest BCUT2D eigenvalue weighted by Gasteiger charge is -2.22. The van der Waals surface area contributed by atoms with E-state index in [1.807, 2.05) is 37.3 Å². The Labute approximate surface area is 119 Å². The molecule has 0 aliphatic heterocycles. The van der Waals surface area contributed by atoms with Crippen LogP contribution in [-0.4, -0.2) is 7.11 Å². The molecule has 0 bridgehead atoms. The summed E-state index contributed by atoms with van der Waals surface area (Å²) in [4.78, 5) is 0. The van der Waals surface area contributed by atoms with E-state index in [1.165, 1.54) is 6.07 Å². The smallest absolute Gasteiger partial charge is 0.123 e. The zero-order valence-corrected chi connectivity index (χ0v) is 12.1. The van der Waals surface area contributed by atoms with Crippen LogP contribution in [0.5, 0.6) is 5.75 Å². The van der Waals surface area contributed by atoms with Gasteiger partial charge in [0.15, 0.2) is 0 Å². The number of ether oxygens (including phenoxy) is 1. The molecule has 0 aliphatic rings. The molecule has 1 unspecified atom stereocenters. The van der Waals surface area contributed by atoms with Crippen molar-refractivity contribution in [1.82, 2.24) is 5.32 Å². The highest BCUT2D eigenvalue weighted by Crippen LogP contribution is 2.26. The van der Waals surface area contributed by atoms with Gasteiger partial charge in [0.05, 0.1) is 7.11 Å². The molecule has 106 valence electrons. The molecule has 0 amide bonds. The molecule has 0 radical (unpaired) electrons. The van der Waals surface area contributed by atoms with E-state index in [-0.39, 0.29) is 17.9 Å². The van der Waals surface area contributed by atoms with Crippen molar-refractivity contribution in [3.8, 4) is 5.75 Å². The first-order valence-corrected chi connectivity index (χ1v) is 6.76. The number of benzene rings is 2. The van der Waals surface area contributed by atoms with Crippen LogP contribution in [0.3, 0.4) is 0 Å². The summed E-state index contributed by atoms with van der Waals surface area (Å²) >= 11 is 0. The molecule has 2 aromatic carbocycles. The summed E-state index contributed by atoms with van der Waals surface area (Å²) in [5, 5.41) is 3.47. The van der Waals surface area contributed by atoms with Crippen LogP contribution in [0, 0.1) is 5.82 Å². The first-order chi connectivity index (χ1) is 9.61. The zero-order valence-electron chi connectivity index (χ0n) is 12.1. The van der Waals surface area contributed by atoms with Gasteiger partial charge in [0, 0.05) is 17.6 Å². The van der Waals surface area contributed by atoms with Gasteiger partial charge in [-0.2, -0.15) is 0 Å². The Morgan fingerprint density at radius 1 is 1.00 bits per heavy atom. The van der Waals surface area contributed by atoms with Gasteiger partial charge in [-0.05, 0) is 37.6 Å². The van der Waals surface area contributed by atoms with E-state index in [1.54, 1.807) is 19.2 Å². The van der Waals surface area contributed by atoms with Gasteiger partial charge in [-0.3, -0.25) is 0 Å². The van der Waals surface area contributed by atoms with E-state index in [2.05, 4.69) is 12.2 Å². The highest BCUT2D eigenvalue weighted by atomic mass is 19.1. The number of hydrogen-bond acceptors (Lipinski definition) is 2. The average molecular weight is 273 g/mol. The molecule has 0 spiro atoms. The summed E-state index contributed by atoms with van der Waals surface area (Å²) in [5.41, 5.74) is 2.03. The SMILES string of the molecule is COc1ccccc1C(C)N[C@@H](C)c1cccc(F)c1. The predicted molar refractivity (Wildman–Crippen MR) is 79.4 cm³/mol. The minimum Gasteiger partial charge on any atom is -0.496 e. The Kier molecular flexibility index (Phi) is 4.74. The molecule has 0 fully saturated rings. The van der Waals surface area contributed by atoms with Crippen LogP contribution in [0.2, 0.25) is 0 Å². The monoisotopic (exact) mass is 273 g/mol. The van der Waals surface area contributed by atoms with Crippen LogP contribution in [0.4, 0.5) is 4.39 Å². The van der Waals surface area contributed by atoms with Crippen LogP contribution in [0.1, 0.15) is 37.1 Å². The third-order valence-corrected chi connectivity index (χ3v) is 3.45. The first kappa shape index (κ1) is 14.5. The summed E-state index contributed by atoms with van der Waals surface area (Å²) < 4.78 is 18.6. The fourth-order valence-corrected chi connectivity index (χ4v) is 2.36. The van der Waals surface area contributed by atoms with Gasteiger partial charge in [0.1, 0.15) is 11.6 Å². The van der Waals surface area contributed by atoms with Gasteiger partial charge in [0.2, 0.25) is 0 Å². The second-order valence-electron chi connectivity index (χ2n) is 4.91. The maximum Gasteiger partial charge on any atom is 0.123 e. The third-order valence-electron chi connectivity index (χ3n) is 3.45. The lowest BCUT2D eigenvalue weighted by Crippen LogP contribution is -2.23.